The van der Waals surface area contributed by atoms with Gasteiger partial charge in [-0.1, -0.05) is 12.1 Å². The van der Waals surface area contributed by atoms with Gasteiger partial charge in [-0.15, -0.1) is 0 Å². The lowest BCUT2D eigenvalue weighted by molar-refractivity contribution is 0.0721. The van der Waals surface area contributed by atoms with E-state index < -0.39 is 0 Å². The molecule has 1 aromatic carbocycles. The predicted molar refractivity (Wildman–Crippen MR) is 86.4 cm³/mol. The van der Waals surface area contributed by atoms with Crippen LogP contribution in [-0.2, 0) is 6.42 Å². The minimum Gasteiger partial charge on any atom is -0.393 e. The number of carbonyl (C=O) groups excluding carboxylic acids is 2. The van der Waals surface area contributed by atoms with Gasteiger partial charge in [0.05, 0.1) is 6.10 Å². The Kier molecular flexibility index (Phi) is 3.52. The Bertz CT molecular complexity index is 655. The van der Waals surface area contributed by atoms with E-state index in [1.54, 1.807) is 0 Å². The molecule has 0 saturated heterocycles. The number of amides is 1. The van der Waals surface area contributed by atoms with Crippen LogP contribution in [0.5, 0.6) is 0 Å². The first-order chi connectivity index (χ1) is 11.0. The summed E-state index contributed by atoms with van der Waals surface area (Å²) >= 11 is 0. The second kappa shape index (κ2) is 5.45. The van der Waals surface area contributed by atoms with E-state index in [0.29, 0.717) is 30.2 Å². The van der Waals surface area contributed by atoms with Gasteiger partial charge in [-0.05, 0) is 55.6 Å². The normalized spacial score (nSPS) is 32.0. The van der Waals surface area contributed by atoms with Gasteiger partial charge in [0, 0.05) is 30.6 Å². The molecule has 23 heavy (non-hydrogen) atoms. The van der Waals surface area contributed by atoms with Gasteiger partial charge in [0.25, 0.3) is 5.91 Å². The van der Waals surface area contributed by atoms with Crippen molar-refractivity contribution in [2.75, 3.05) is 7.05 Å². The zero-order chi connectivity index (χ0) is 16.1. The van der Waals surface area contributed by atoms with Crippen molar-refractivity contribution < 1.29 is 14.7 Å². The number of ketones is 1. The van der Waals surface area contributed by atoms with Gasteiger partial charge in [-0.2, -0.15) is 0 Å². The van der Waals surface area contributed by atoms with Crippen molar-refractivity contribution in [3.8, 4) is 0 Å². The van der Waals surface area contributed by atoms with Crippen molar-refractivity contribution in [1.29, 1.82) is 0 Å². The second-order valence-electron chi connectivity index (χ2n) is 7.44. The number of fused-ring (bicyclic) bond motifs is 2. The first kappa shape index (κ1) is 14.9. The van der Waals surface area contributed by atoms with Crippen LogP contribution in [0.1, 0.15) is 58.4 Å². The van der Waals surface area contributed by atoms with Crippen LogP contribution in [-0.4, -0.2) is 40.9 Å². The minimum atomic E-state index is -0.143. The molecule has 0 radical (unpaired) electrons. The van der Waals surface area contributed by atoms with Gasteiger partial charge in [-0.25, -0.2) is 0 Å². The number of hydrogen-bond donors (Lipinski definition) is 1. The fraction of sp³-hybridized carbons (Fsp3) is 0.579. The van der Waals surface area contributed by atoms with Crippen molar-refractivity contribution in [2.45, 2.75) is 50.7 Å². The van der Waals surface area contributed by atoms with E-state index >= 15 is 0 Å². The number of rotatable bonds is 2. The third-order valence-corrected chi connectivity index (χ3v) is 6.14. The zero-order valence-corrected chi connectivity index (χ0v) is 13.5. The van der Waals surface area contributed by atoms with Crippen molar-refractivity contribution in [1.82, 2.24) is 4.90 Å². The van der Waals surface area contributed by atoms with Crippen molar-refractivity contribution in [2.24, 2.45) is 11.8 Å². The standard InChI is InChI=1S/C19H23NO3/c1-20(13-7-11-9-14(21)10-12(11)8-13)19(23)17-4-2-3-16-15(17)5-6-18(16)22/h2-4,11-14,21H,5-10H2,1H3/t11-,12+,13?,14?. The molecule has 0 aliphatic heterocycles. The molecule has 3 aliphatic rings. The smallest absolute Gasteiger partial charge is 0.254 e. The summed E-state index contributed by atoms with van der Waals surface area (Å²) in [6, 6.07) is 5.78. The number of aliphatic hydroxyl groups excluding tert-OH is 1. The molecule has 0 spiro atoms. The van der Waals surface area contributed by atoms with Gasteiger partial charge in [0.15, 0.2) is 5.78 Å². The highest BCUT2D eigenvalue weighted by Gasteiger charge is 2.43. The third-order valence-electron chi connectivity index (χ3n) is 6.14. The monoisotopic (exact) mass is 313 g/mol. The molecule has 1 N–H and O–H groups in total. The lowest BCUT2D eigenvalue weighted by Crippen LogP contribution is -2.36. The highest BCUT2D eigenvalue weighted by Crippen LogP contribution is 2.45. The SMILES string of the molecule is CN(C(=O)c1cccc2c1CCC2=O)C1C[C@H]2CC(O)C[C@H]2C1. The molecule has 1 aromatic rings. The Morgan fingerprint density at radius 2 is 1.83 bits per heavy atom. The van der Waals surface area contributed by atoms with Crippen LogP contribution in [0.3, 0.4) is 0 Å². The van der Waals surface area contributed by atoms with E-state index in [-0.39, 0.29) is 23.8 Å². The van der Waals surface area contributed by atoms with E-state index in [2.05, 4.69) is 0 Å². The molecule has 4 atom stereocenters. The maximum atomic E-state index is 12.9. The summed E-state index contributed by atoms with van der Waals surface area (Å²) in [6.07, 6.45) is 4.84. The summed E-state index contributed by atoms with van der Waals surface area (Å²) in [5, 5.41) is 9.77. The van der Waals surface area contributed by atoms with Crippen molar-refractivity contribution in [3.05, 3.63) is 34.9 Å². The number of aliphatic hydroxyl groups is 1. The number of benzene rings is 1. The maximum absolute atomic E-state index is 12.9. The lowest BCUT2D eigenvalue weighted by atomic mass is 10.0. The molecule has 4 nitrogen and oxygen atoms in total. The fourth-order valence-corrected chi connectivity index (χ4v) is 4.92. The zero-order valence-electron chi connectivity index (χ0n) is 13.5. The number of carbonyl (C=O) groups is 2. The second-order valence-corrected chi connectivity index (χ2v) is 7.44. The molecular formula is C19H23NO3. The first-order valence-corrected chi connectivity index (χ1v) is 8.65. The van der Waals surface area contributed by atoms with Crippen molar-refractivity contribution >= 4 is 11.7 Å². The molecule has 2 unspecified atom stereocenters. The van der Waals surface area contributed by atoms with E-state index in [1.165, 1.54) is 0 Å². The molecule has 2 saturated carbocycles. The highest BCUT2D eigenvalue weighted by molar-refractivity contribution is 6.05. The maximum Gasteiger partial charge on any atom is 0.254 e. The average molecular weight is 313 g/mol. The minimum absolute atomic E-state index is 0.0436. The summed E-state index contributed by atoms with van der Waals surface area (Å²) in [5.74, 6) is 1.32. The number of nitrogens with zero attached hydrogens (tertiary/aromatic N) is 1. The quantitative estimate of drug-likeness (QED) is 0.912. The molecule has 0 aromatic heterocycles. The molecule has 0 heterocycles. The van der Waals surface area contributed by atoms with Crippen LogP contribution in [0.25, 0.3) is 0 Å². The van der Waals surface area contributed by atoms with Crippen LogP contribution in [0.2, 0.25) is 0 Å². The topological polar surface area (TPSA) is 57.6 Å². The summed E-state index contributed by atoms with van der Waals surface area (Å²) in [4.78, 5) is 26.7. The lowest BCUT2D eigenvalue weighted by Gasteiger charge is -2.26. The summed E-state index contributed by atoms with van der Waals surface area (Å²) in [7, 11) is 1.89. The predicted octanol–water partition coefficient (Wildman–Crippen LogP) is 2.44. The molecular weight excluding hydrogens is 290 g/mol. The molecule has 0 bridgehead atoms. The Labute approximate surface area is 136 Å². The number of hydrogen-bond acceptors (Lipinski definition) is 3. The Hall–Kier alpha value is -1.68. The van der Waals surface area contributed by atoms with Crippen LogP contribution in [0.4, 0.5) is 0 Å². The van der Waals surface area contributed by atoms with E-state index in [9.17, 15) is 14.7 Å². The highest BCUT2D eigenvalue weighted by atomic mass is 16.3. The Balaban J connectivity index is 1.53. The molecule has 122 valence electrons. The van der Waals surface area contributed by atoms with Crippen LogP contribution >= 0.6 is 0 Å². The van der Waals surface area contributed by atoms with Gasteiger partial charge in [-0.3, -0.25) is 9.59 Å². The Morgan fingerprint density at radius 1 is 1.13 bits per heavy atom. The molecule has 4 rings (SSSR count). The van der Waals surface area contributed by atoms with E-state index in [1.807, 2.05) is 30.1 Å². The largest absolute Gasteiger partial charge is 0.393 e. The molecule has 2 fully saturated rings. The van der Waals surface area contributed by atoms with E-state index in [4.69, 9.17) is 0 Å². The van der Waals surface area contributed by atoms with Gasteiger partial charge < -0.3 is 10.0 Å². The van der Waals surface area contributed by atoms with Crippen LogP contribution < -0.4 is 0 Å². The van der Waals surface area contributed by atoms with Crippen LogP contribution in [0.15, 0.2) is 18.2 Å². The van der Waals surface area contributed by atoms with Gasteiger partial charge >= 0.3 is 0 Å². The van der Waals surface area contributed by atoms with Crippen molar-refractivity contribution in [3.63, 3.8) is 0 Å². The van der Waals surface area contributed by atoms with Gasteiger partial charge in [0.1, 0.15) is 0 Å². The summed E-state index contributed by atoms with van der Waals surface area (Å²) in [6.45, 7) is 0. The summed E-state index contributed by atoms with van der Waals surface area (Å²) < 4.78 is 0. The molecule has 1 amide bonds. The Morgan fingerprint density at radius 3 is 2.52 bits per heavy atom. The van der Waals surface area contributed by atoms with Crippen LogP contribution in [0, 0.1) is 11.8 Å². The van der Waals surface area contributed by atoms with E-state index in [0.717, 1.165) is 36.8 Å². The number of Topliss-reactive ketones (excluding diaryl/α,β-unsaturated/α-hetero) is 1. The average Bonchev–Trinajstić information content (AvgIpc) is 3.19. The third kappa shape index (κ3) is 2.40. The summed E-state index contributed by atoms with van der Waals surface area (Å²) in [5.41, 5.74) is 2.37. The van der Waals surface area contributed by atoms with Gasteiger partial charge in [0.2, 0.25) is 0 Å². The first-order valence-electron chi connectivity index (χ1n) is 8.65. The fourth-order valence-electron chi connectivity index (χ4n) is 4.92. The molecule has 4 heteroatoms. The molecule has 3 aliphatic carbocycles.